The number of hydrogen-bond acceptors (Lipinski definition) is 6. The Kier molecular flexibility index (Phi) is 6.70. The topological polar surface area (TPSA) is 102 Å². The monoisotopic (exact) mass is 468 g/mol. The molecule has 0 fully saturated rings. The summed E-state index contributed by atoms with van der Waals surface area (Å²) in [7, 11) is -3.88. The minimum Gasteiger partial charge on any atom is -0.452 e. The molecule has 0 atom stereocenters. The zero-order valence-electron chi connectivity index (χ0n) is 15.1. The van der Waals surface area contributed by atoms with Crippen LogP contribution in [0, 0.1) is 5.82 Å². The summed E-state index contributed by atoms with van der Waals surface area (Å²) in [4.78, 5) is 24.4. The van der Waals surface area contributed by atoms with Crippen LogP contribution >= 0.6 is 22.9 Å². The maximum atomic E-state index is 13.7. The first-order valence-electron chi connectivity index (χ1n) is 8.33. The van der Waals surface area contributed by atoms with E-state index in [1.54, 1.807) is 11.4 Å². The van der Waals surface area contributed by atoms with E-state index >= 15 is 0 Å². The van der Waals surface area contributed by atoms with Crippen molar-refractivity contribution in [1.29, 1.82) is 0 Å². The summed E-state index contributed by atoms with van der Waals surface area (Å²) in [5, 5.41) is 4.07. The largest absolute Gasteiger partial charge is 0.452 e. The predicted octanol–water partition coefficient (Wildman–Crippen LogP) is 4.14. The summed E-state index contributed by atoms with van der Waals surface area (Å²) in [5.74, 6) is -2.42. The molecule has 2 N–H and O–H groups in total. The molecule has 0 saturated heterocycles. The van der Waals surface area contributed by atoms with Gasteiger partial charge in [-0.3, -0.25) is 9.52 Å². The number of carbonyl (C=O) groups is 2. The third-order valence-corrected chi connectivity index (χ3v) is 6.69. The standard InChI is InChI=1S/C19H14ClFN2O5S2/c20-12-7-8-14(21)16(10-12)22-17(24)11-28-19(25)13-4-1-2-5-15(13)23-30(26,27)18-6-3-9-29-18/h1-10,23H,11H2,(H,22,24). The van der Waals surface area contributed by atoms with Gasteiger partial charge in [-0.15, -0.1) is 11.3 Å². The number of esters is 1. The zero-order valence-corrected chi connectivity index (χ0v) is 17.5. The third kappa shape index (κ3) is 5.35. The Morgan fingerprint density at radius 1 is 1.07 bits per heavy atom. The number of halogens is 2. The second-order valence-electron chi connectivity index (χ2n) is 5.83. The number of thiophene rings is 1. The van der Waals surface area contributed by atoms with Crippen molar-refractivity contribution in [2.75, 3.05) is 16.6 Å². The molecule has 0 aliphatic rings. The molecular weight excluding hydrogens is 455 g/mol. The van der Waals surface area contributed by atoms with E-state index in [4.69, 9.17) is 16.3 Å². The summed E-state index contributed by atoms with van der Waals surface area (Å²) in [5.41, 5.74) is -0.246. The van der Waals surface area contributed by atoms with E-state index in [2.05, 4.69) is 10.0 Å². The smallest absolute Gasteiger partial charge is 0.340 e. The van der Waals surface area contributed by atoms with E-state index < -0.39 is 34.3 Å². The van der Waals surface area contributed by atoms with Crippen molar-refractivity contribution in [2.45, 2.75) is 4.21 Å². The number of nitrogens with one attached hydrogen (secondary N) is 2. The van der Waals surface area contributed by atoms with Crippen molar-refractivity contribution in [2.24, 2.45) is 0 Å². The molecule has 0 bridgehead atoms. The lowest BCUT2D eigenvalue weighted by Gasteiger charge is -2.12. The lowest BCUT2D eigenvalue weighted by atomic mass is 10.2. The molecule has 11 heteroatoms. The van der Waals surface area contributed by atoms with Gasteiger partial charge in [0.25, 0.3) is 15.9 Å². The lowest BCUT2D eigenvalue weighted by molar-refractivity contribution is -0.119. The molecule has 3 rings (SSSR count). The number of carbonyl (C=O) groups excluding carboxylic acids is 2. The van der Waals surface area contributed by atoms with Crippen molar-refractivity contribution in [3.63, 3.8) is 0 Å². The van der Waals surface area contributed by atoms with Crippen molar-refractivity contribution in [3.05, 3.63) is 76.4 Å². The minimum atomic E-state index is -3.88. The van der Waals surface area contributed by atoms with Crippen molar-refractivity contribution >= 4 is 56.2 Å². The molecule has 0 radical (unpaired) electrons. The first-order valence-corrected chi connectivity index (χ1v) is 11.1. The lowest BCUT2D eigenvalue weighted by Crippen LogP contribution is -2.22. The van der Waals surface area contributed by atoms with Crippen LogP contribution in [0.5, 0.6) is 0 Å². The molecular formula is C19H14ClFN2O5S2. The van der Waals surface area contributed by atoms with Gasteiger partial charge >= 0.3 is 5.97 Å². The molecule has 2 aromatic carbocycles. The Hall–Kier alpha value is -2.95. The van der Waals surface area contributed by atoms with Crippen LogP contribution in [0.4, 0.5) is 15.8 Å². The highest BCUT2D eigenvalue weighted by molar-refractivity contribution is 7.94. The van der Waals surface area contributed by atoms with E-state index in [0.29, 0.717) is 0 Å². The molecule has 0 unspecified atom stereocenters. The highest BCUT2D eigenvalue weighted by atomic mass is 35.5. The Morgan fingerprint density at radius 2 is 1.83 bits per heavy atom. The van der Waals surface area contributed by atoms with Gasteiger partial charge in [-0.05, 0) is 41.8 Å². The van der Waals surface area contributed by atoms with Crippen LogP contribution in [0.3, 0.4) is 0 Å². The molecule has 7 nitrogen and oxygen atoms in total. The van der Waals surface area contributed by atoms with Gasteiger partial charge in [0.05, 0.1) is 16.9 Å². The molecule has 0 saturated carbocycles. The van der Waals surface area contributed by atoms with E-state index in [1.807, 2.05) is 0 Å². The SMILES string of the molecule is O=C(COC(=O)c1ccccc1NS(=O)(=O)c1cccs1)Nc1cc(Cl)ccc1F. The predicted molar refractivity (Wildman–Crippen MR) is 112 cm³/mol. The van der Waals surface area contributed by atoms with Gasteiger partial charge in [0, 0.05) is 5.02 Å². The molecule has 1 heterocycles. The number of ether oxygens (including phenoxy) is 1. The van der Waals surface area contributed by atoms with Gasteiger partial charge in [-0.2, -0.15) is 0 Å². The number of anilines is 2. The van der Waals surface area contributed by atoms with Crippen LogP contribution in [0.1, 0.15) is 10.4 Å². The Balaban J connectivity index is 1.67. The van der Waals surface area contributed by atoms with Crippen LogP contribution < -0.4 is 10.0 Å². The molecule has 30 heavy (non-hydrogen) atoms. The first kappa shape index (κ1) is 21.8. The number of sulfonamides is 1. The van der Waals surface area contributed by atoms with Gasteiger partial charge in [0.15, 0.2) is 6.61 Å². The number of hydrogen-bond donors (Lipinski definition) is 2. The zero-order chi connectivity index (χ0) is 21.7. The summed E-state index contributed by atoms with van der Waals surface area (Å²) in [6.45, 7) is -0.712. The van der Waals surface area contributed by atoms with E-state index in [1.165, 1.54) is 42.5 Å². The average Bonchev–Trinajstić information content (AvgIpc) is 3.25. The van der Waals surface area contributed by atoms with Gasteiger partial charge in [-0.1, -0.05) is 29.8 Å². The molecule has 0 spiro atoms. The summed E-state index contributed by atoms with van der Waals surface area (Å²) in [6, 6.07) is 12.4. The van der Waals surface area contributed by atoms with E-state index in [0.717, 1.165) is 17.4 Å². The fraction of sp³-hybridized carbons (Fsp3) is 0.0526. The molecule has 156 valence electrons. The highest BCUT2D eigenvalue weighted by Crippen LogP contribution is 2.23. The highest BCUT2D eigenvalue weighted by Gasteiger charge is 2.20. The second-order valence-corrected chi connectivity index (χ2v) is 9.13. The third-order valence-electron chi connectivity index (χ3n) is 3.69. The molecule has 1 aromatic heterocycles. The van der Waals surface area contributed by atoms with Crippen LogP contribution in [0.25, 0.3) is 0 Å². The Bertz CT molecular complexity index is 1180. The van der Waals surface area contributed by atoms with Gasteiger partial charge in [0.1, 0.15) is 10.0 Å². The van der Waals surface area contributed by atoms with Crippen molar-refractivity contribution in [1.82, 2.24) is 0 Å². The summed E-state index contributed by atoms with van der Waals surface area (Å²) < 4.78 is 45.8. The fourth-order valence-corrected chi connectivity index (χ4v) is 4.59. The van der Waals surface area contributed by atoms with Gasteiger partial charge < -0.3 is 10.1 Å². The van der Waals surface area contributed by atoms with E-state index in [-0.39, 0.29) is 26.2 Å². The maximum Gasteiger partial charge on any atom is 0.340 e. The van der Waals surface area contributed by atoms with Crippen molar-refractivity contribution < 1.29 is 27.1 Å². The molecule has 1 amide bonds. The molecule has 0 aliphatic carbocycles. The van der Waals surface area contributed by atoms with Crippen LogP contribution in [-0.4, -0.2) is 26.9 Å². The fourth-order valence-electron chi connectivity index (χ4n) is 2.35. The summed E-state index contributed by atoms with van der Waals surface area (Å²) in [6.07, 6.45) is 0. The van der Waals surface area contributed by atoms with E-state index in [9.17, 15) is 22.4 Å². The summed E-state index contributed by atoms with van der Waals surface area (Å²) >= 11 is 6.78. The van der Waals surface area contributed by atoms with Crippen LogP contribution in [0.15, 0.2) is 64.2 Å². The van der Waals surface area contributed by atoms with Gasteiger partial charge in [-0.25, -0.2) is 17.6 Å². The second kappa shape index (κ2) is 9.24. The molecule has 0 aliphatic heterocycles. The quantitative estimate of drug-likeness (QED) is 0.507. The normalized spacial score (nSPS) is 11.0. The average molecular weight is 469 g/mol. The Morgan fingerprint density at radius 3 is 2.57 bits per heavy atom. The number of benzene rings is 2. The number of rotatable bonds is 7. The van der Waals surface area contributed by atoms with Crippen molar-refractivity contribution in [3.8, 4) is 0 Å². The number of amides is 1. The first-order chi connectivity index (χ1) is 14.3. The number of para-hydroxylation sites is 1. The van der Waals surface area contributed by atoms with Crippen LogP contribution in [0.2, 0.25) is 5.02 Å². The van der Waals surface area contributed by atoms with Crippen LogP contribution in [-0.2, 0) is 19.6 Å². The molecule has 3 aromatic rings. The van der Waals surface area contributed by atoms with Gasteiger partial charge in [0.2, 0.25) is 0 Å². The maximum absolute atomic E-state index is 13.7. The Labute approximate surface area is 180 Å². The minimum absolute atomic E-state index is 0.00260.